The maximum atomic E-state index is 12.4. The molecule has 1 rings (SSSR count). The smallest absolute Gasteiger partial charge is 0.307 e. The maximum absolute atomic E-state index is 12.4. The number of hydrogen-bond acceptors (Lipinski definition) is 8. The van der Waals surface area contributed by atoms with E-state index in [0.717, 1.165) is 65.1 Å². The van der Waals surface area contributed by atoms with Crippen molar-refractivity contribution in [2.45, 2.75) is 168 Å². The maximum Gasteiger partial charge on any atom is 0.307 e. The minimum absolute atomic E-state index is 0.176. The number of esters is 2. The molecule has 8 nitrogen and oxygen atoms in total. The summed E-state index contributed by atoms with van der Waals surface area (Å²) in [5.41, 5.74) is 0. The molecule has 0 radical (unpaired) electrons. The van der Waals surface area contributed by atoms with Crippen LogP contribution >= 0.6 is 0 Å². The third-order valence-corrected chi connectivity index (χ3v) is 9.37. The summed E-state index contributed by atoms with van der Waals surface area (Å²) in [5.74, 6) is -0.352. The van der Waals surface area contributed by atoms with Gasteiger partial charge in [0.25, 0.3) is 0 Å². The van der Waals surface area contributed by atoms with E-state index in [-0.39, 0.29) is 11.9 Å². The van der Waals surface area contributed by atoms with Crippen molar-refractivity contribution in [2.75, 3.05) is 78.9 Å². The third-order valence-electron chi connectivity index (χ3n) is 9.37. The molecule has 0 aliphatic carbocycles. The summed E-state index contributed by atoms with van der Waals surface area (Å²) in [6.45, 7) is 13.5. The first-order chi connectivity index (χ1) is 23.7. The molecule has 1 heterocycles. The van der Waals surface area contributed by atoms with E-state index < -0.39 is 0 Å². The Morgan fingerprint density at radius 1 is 0.479 bits per heavy atom. The Balaban J connectivity index is 2.06. The summed E-state index contributed by atoms with van der Waals surface area (Å²) in [7, 11) is 0. The Morgan fingerprint density at radius 3 is 1.27 bits per heavy atom. The quantitative estimate of drug-likeness (QED) is 0.0474. The van der Waals surface area contributed by atoms with Gasteiger partial charge < -0.3 is 28.7 Å². The number of ether oxygens (including phenoxy) is 4. The van der Waals surface area contributed by atoms with Crippen molar-refractivity contribution < 1.29 is 28.5 Å². The van der Waals surface area contributed by atoms with E-state index in [1.165, 1.54) is 116 Å². The van der Waals surface area contributed by atoms with Crippen LogP contribution in [0, 0.1) is 0 Å². The van der Waals surface area contributed by atoms with Crippen LogP contribution < -0.4 is 0 Å². The molecule has 8 heteroatoms. The van der Waals surface area contributed by atoms with E-state index >= 15 is 0 Å². The van der Waals surface area contributed by atoms with Crippen LogP contribution in [-0.2, 0) is 28.5 Å². The summed E-state index contributed by atoms with van der Waals surface area (Å²) in [5, 5.41) is 0. The van der Waals surface area contributed by atoms with Crippen molar-refractivity contribution >= 4 is 11.9 Å². The molecule has 0 atom stereocenters. The molecule has 0 saturated carbocycles. The van der Waals surface area contributed by atoms with Crippen LogP contribution in [0.5, 0.6) is 0 Å². The van der Waals surface area contributed by atoms with E-state index in [0.29, 0.717) is 52.4 Å². The molecule has 0 amide bonds. The number of nitrogens with zero attached hydrogens (tertiary/aromatic N) is 2. The van der Waals surface area contributed by atoms with Gasteiger partial charge in [-0.05, 0) is 38.8 Å². The molecule has 0 aromatic rings. The fourth-order valence-corrected chi connectivity index (χ4v) is 6.20. The zero-order valence-corrected chi connectivity index (χ0v) is 31.8. The van der Waals surface area contributed by atoms with Crippen molar-refractivity contribution in [2.24, 2.45) is 0 Å². The lowest BCUT2D eigenvalue weighted by Crippen LogP contribution is -2.36. The molecule has 0 unspecified atom stereocenters. The van der Waals surface area contributed by atoms with Crippen LogP contribution in [0.3, 0.4) is 0 Å². The van der Waals surface area contributed by atoms with Crippen molar-refractivity contribution in [1.29, 1.82) is 0 Å². The van der Waals surface area contributed by atoms with Crippen LogP contribution in [0.4, 0.5) is 0 Å². The van der Waals surface area contributed by atoms with Gasteiger partial charge in [-0.25, -0.2) is 0 Å². The number of carbonyl (C=O) groups is 2. The first kappa shape index (κ1) is 44.8. The van der Waals surface area contributed by atoms with E-state index in [1.54, 1.807) is 0 Å². The fourth-order valence-electron chi connectivity index (χ4n) is 6.20. The van der Waals surface area contributed by atoms with Crippen molar-refractivity contribution in [3.8, 4) is 0 Å². The summed E-state index contributed by atoms with van der Waals surface area (Å²) >= 11 is 0. The van der Waals surface area contributed by atoms with Gasteiger partial charge in [-0.15, -0.1) is 0 Å². The largest absolute Gasteiger partial charge is 0.466 e. The molecule has 0 N–H and O–H groups in total. The van der Waals surface area contributed by atoms with Crippen LogP contribution in [0.2, 0.25) is 0 Å². The molecule has 0 aromatic carbocycles. The first-order valence-electron chi connectivity index (χ1n) is 20.6. The molecule has 0 aromatic heterocycles. The molecule has 284 valence electrons. The Morgan fingerprint density at radius 2 is 0.854 bits per heavy atom. The van der Waals surface area contributed by atoms with Gasteiger partial charge >= 0.3 is 11.9 Å². The molecule has 48 heavy (non-hydrogen) atoms. The van der Waals surface area contributed by atoms with E-state index in [4.69, 9.17) is 18.9 Å². The van der Waals surface area contributed by atoms with E-state index in [2.05, 4.69) is 23.6 Å². The topological polar surface area (TPSA) is 77.5 Å². The SMILES string of the molecule is CCCCCCCCCCCOCCCOC(=O)CCN(CCC(=O)OCCCOCCCCCCCCCCC)CCN1CCCC1. The molecule has 1 fully saturated rings. The zero-order valence-electron chi connectivity index (χ0n) is 31.8. The normalized spacial score (nSPS) is 13.5. The predicted molar refractivity (Wildman–Crippen MR) is 199 cm³/mol. The number of unbranched alkanes of at least 4 members (excludes halogenated alkanes) is 16. The number of likely N-dealkylation sites (tertiary alicyclic amines) is 1. The lowest BCUT2D eigenvalue weighted by molar-refractivity contribution is -0.144. The average Bonchev–Trinajstić information content (AvgIpc) is 3.62. The Kier molecular flexibility index (Phi) is 33.2. The molecule has 0 bridgehead atoms. The highest BCUT2D eigenvalue weighted by Crippen LogP contribution is 2.11. The minimum atomic E-state index is -0.176. The minimum Gasteiger partial charge on any atom is -0.466 e. The Labute approximate surface area is 296 Å². The number of hydrogen-bond donors (Lipinski definition) is 0. The van der Waals surface area contributed by atoms with Crippen molar-refractivity contribution in [3.05, 3.63) is 0 Å². The highest BCUT2D eigenvalue weighted by molar-refractivity contribution is 5.70. The lowest BCUT2D eigenvalue weighted by atomic mass is 10.1. The van der Waals surface area contributed by atoms with Crippen LogP contribution in [0.15, 0.2) is 0 Å². The molecule has 1 aliphatic rings. The summed E-state index contributed by atoms with van der Waals surface area (Å²) < 4.78 is 22.4. The van der Waals surface area contributed by atoms with Gasteiger partial charge in [0.05, 0.1) is 26.1 Å². The predicted octanol–water partition coefficient (Wildman–Crippen LogP) is 9.13. The fraction of sp³-hybridized carbons (Fsp3) is 0.950. The Hall–Kier alpha value is -1.22. The summed E-state index contributed by atoms with van der Waals surface area (Å²) in [6.07, 6.45) is 28.3. The van der Waals surface area contributed by atoms with Gasteiger partial charge in [0.1, 0.15) is 0 Å². The molecule has 1 aliphatic heterocycles. The van der Waals surface area contributed by atoms with Gasteiger partial charge in [0.2, 0.25) is 0 Å². The van der Waals surface area contributed by atoms with E-state index in [1.807, 2.05) is 0 Å². The average molecular weight is 683 g/mol. The number of rotatable bonds is 37. The highest BCUT2D eigenvalue weighted by Gasteiger charge is 2.16. The molecular formula is C40H78N2O6. The highest BCUT2D eigenvalue weighted by atomic mass is 16.5. The van der Waals surface area contributed by atoms with E-state index in [9.17, 15) is 9.59 Å². The van der Waals surface area contributed by atoms with Crippen molar-refractivity contribution in [3.63, 3.8) is 0 Å². The van der Waals surface area contributed by atoms with Crippen LogP contribution in [-0.4, -0.2) is 101 Å². The van der Waals surface area contributed by atoms with Crippen molar-refractivity contribution in [1.82, 2.24) is 9.80 Å². The van der Waals surface area contributed by atoms with Gasteiger partial charge in [-0.3, -0.25) is 9.59 Å². The standard InChI is InChI=1S/C40H78N2O6/c1-3-5-7-9-11-13-15-17-21-33-45-35-23-37-47-39(43)25-29-42(32-31-41-27-19-20-28-41)30-26-40(44)48-38-24-36-46-34-22-18-16-14-12-10-8-6-4-2/h3-38H2,1-2H3. The second-order valence-corrected chi connectivity index (χ2v) is 13.9. The molecular weight excluding hydrogens is 604 g/mol. The third kappa shape index (κ3) is 30.8. The van der Waals surface area contributed by atoms with Gasteiger partial charge in [0, 0.05) is 65.4 Å². The lowest BCUT2D eigenvalue weighted by Gasteiger charge is -2.24. The van der Waals surface area contributed by atoms with Gasteiger partial charge in [0.15, 0.2) is 0 Å². The van der Waals surface area contributed by atoms with Gasteiger partial charge in [-0.2, -0.15) is 0 Å². The summed E-state index contributed by atoms with van der Waals surface area (Å²) in [6, 6.07) is 0. The van der Waals surface area contributed by atoms with Gasteiger partial charge in [-0.1, -0.05) is 117 Å². The Bertz CT molecular complexity index is 655. The summed E-state index contributed by atoms with van der Waals surface area (Å²) in [4.78, 5) is 29.5. The zero-order chi connectivity index (χ0) is 34.6. The van der Waals surface area contributed by atoms with Crippen LogP contribution in [0.1, 0.15) is 168 Å². The number of carbonyl (C=O) groups excluding carboxylic acids is 2. The van der Waals surface area contributed by atoms with Crippen LogP contribution in [0.25, 0.3) is 0 Å². The molecule has 1 saturated heterocycles. The second-order valence-electron chi connectivity index (χ2n) is 13.9. The first-order valence-corrected chi connectivity index (χ1v) is 20.6. The molecule has 0 spiro atoms. The monoisotopic (exact) mass is 683 g/mol. The second kappa shape index (κ2) is 35.6.